The third-order valence-electron chi connectivity index (χ3n) is 9.12. The number of aryl methyl sites for hydroxylation is 2. The molecule has 0 radical (unpaired) electrons. The third-order valence-corrected chi connectivity index (χ3v) is 11.0. The number of halogens is 6. The van der Waals surface area contributed by atoms with Crippen molar-refractivity contribution < 1.29 is 49.8 Å². The minimum Gasteiger partial charge on any atom is -0.383 e. The molecule has 3 aromatic carbocycles. The molecule has 0 bridgehead atoms. The van der Waals surface area contributed by atoms with Crippen molar-refractivity contribution in [2.45, 2.75) is 92.4 Å². The van der Waals surface area contributed by atoms with Crippen LogP contribution in [-0.4, -0.2) is 49.0 Å². The van der Waals surface area contributed by atoms with Gasteiger partial charge in [0.05, 0.1) is 22.7 Å². The number of rotatable bonds is 7. The van der Waals surface area contributed by atoms with Gasteiger partial charge in [-0.1, -0.05) is 73.0 Å². The second-order valence-electron chi connectivity index (χ2n) is 12.2. The summed E-state index contributed by atoms with van der Waals surface area (Å²) in [5, 5.41) is 24.5. The van der Waals surface area contributed by atoms with Crippen molar-refractivity contribution in [1.82, 2.24) is 5.32 Å². The fraction of sp³-hybridized carbons (Fsp3) is 0.424. The van der Waals surface area contributed by atoms with Gasteiger partial charge in [0, 0.05) is 12.0 Å². The number of fused-ring (bicyclic) bond motifs is 1. The molecule has 254 valence electrons. The van der Waals surface area contributed by atoms with Crippen LogP contribution in [0.25, 0.3) is 0 Å². The van der Waals surface area contributed by atoms with Crippen LogP contribution in [0.1, 0.15) is 60.8 Å². The molecule has 1 heterocycles. The van der Waals surface area contributed by atoms with Crippen molar-refractivity contribution in [3.63, 3.8) is 0 Å². The zero-order valence-electron chi connectivity index (χ0n) is 25.3. The van der Waals surface area contributed by atoms with Crippen LogP contribution in [0.5, 0.6) is 0 Å². The number of nitrogens with one attached hydrogen (secondary N) is 1. The summed E-state index contributed by atoms with van der Waals surface area (Å²) >= 11 is 0. The third kappa shape index (κ3) is 6.34. The SMILES string of the molecule is Cc1ccc(S(=O)(=O)N2c3ccc(C(O)(C(F)(F)F)C(F)(F)F)cc3CCC2CC(=O)NC2CCCCC2(O)c2ccccc2)cc1. The van der Waals surface area contributed by atoms with E-state index in [0.29, 0.717) is 30.5 Å². The Hall–Kier alpha value is -3.62. The number of amides is 1. The molecule has 14 heteroatoms. The zero-order chi connectivity index (χ0) is 34.4. The van der Waals surface area contributed by atoms with Gasteiger partial charge in [-0.05, 0) is 61.9 Å². The molecule has 3 aromatic rings. The first kappa shape index (κ1) is 34.7. The Bertz CT molecular complexity index is 1700. The summed E-state index contributed by atoms with van der Waals surface area (Å²) in [6.45, 7) is 1.73. The molecule has 1 aliphatic carbocycles. The molecular weight excluding hydrogens is 650 g/mol. The van der Waals surface area contributed by atoms with Crippen LogP contribution < -0.4 is 9.62 Å². The molecule has 47 heavy (non-hydrogen) atoms. The Morgan fingerprint density at radius 1 is 0.936 bits per heavy atom. The lowest BCUT2D eigenvalue weighted by molar-refractivity contribution is -0.376. The maximum Gasteiger partial charge on any atom is 0.430 e. The summed E-state index contributed by atoms with van der Waals surface area (Å²) in [5.74, 6) is -0.580. The van der Waals surface area contributed by atoms with Gasteiger partial charge in [-0.2, -0.15) is 26.3 Å². The molecule has 3 atom stereocenters. The standard InChI is InChI=1S/C33H34F6N2O5S/c1-21-10-15-26(16-11-21)47(45,46)41-25(20-29(42)40-28-9-5-6-18-30(28,43)23-7-3-2-4-8-23)14-12-22-19-24(13-17-27(22)41)31(44,32(34,35)36)33(37,38)39/h2-4,7-8,10-11,13,15-17,19,25,28,43-44H,5-6,9,12,14,18,20H2,1H3,(H,40,42). The second-order valence-corrected chi connectivity index (χ2v) is 14.0. The summed E-state index contributed by atoms with van der Waals surface area (Å²) in [6, 6.07) is 14.5. The Morgan fingerprint density at radius 3 is 2.19 bits per heavy atom. The number of carbonyl (C=O) groups excluding carboxylic acids is 1. The molecule has 3 N–H and O–H groups in total. The fourth-order valence-electron chi connectivity index (χ4n) is 6.57. The Labute approximate surface area is 268 Å². The first-order valence-corrected chi connectivity index (χ1v) is 16.5. The van der Waals surface area contributed by atoms with Crippen molar-refractivity contribution in [1.29, 1.82) is 0 Å². The van der Waals surface area contributed by atoms with Gasteiger partial charge in [-0.15, -0.1) is 0 Å². The minimum absolute atomic E-state index is 0.126. The van der Waals surface area contributed by atoms with Crippen LogP contribution in [0.2, 0.25) is 0 Å². The van der Waals surface area contributed by atoms with E-state index in [1.807, 2.05) is 0 Å². The quantitative estimate of drug-likeness (QED) is 0.259. The largest absolute Gasteiger partial charge is 0.430 e. The summed E-state index contributed by atoms with van der Waals surface area (Å²) in [7, 11) is -4.49. The molecule has 0 spiro atoms. The number of alkyl halides is 6. The van der Waals surface area contributed by atoms with Crippen LogP contribution in [0.15, 0.2) is 77.7 Å². The number of hydrogen-bond donors (Lipinski definition) is 3. The molecule has 1 aliphatic heterocycles. The van der Waals surface area contributed by atoms with Crippen molar-refractivity contribution >= 4 is 21.6 Å². The van der Waals surface area contributed by atoms with E-state index in [0.717, 1.165) is 28.8 Å². The molecule has 0 saturated heterocycles. The predicted octanol–water partition coefficient (Wildman–Crippen LogP) is 6.15. The normalized spacial score (nSPS) is 22.4. The van der Waals surface area contributed by atoms with Gasteiger partial charge < -0.3 is 15.5 Å². The van der Waals surface area contributed by atoms with Gasteiger partial charge in [0.1, 0.15) is 5.60 Å². The average Bonchev–Trinajstić information content (AvgIpc) is 3.01. The lowest BCUT2D eigenvalue weighted by Crippen LogP contribution is -2.54. The van der Waals surface area contributed by atoms with Crippen LogP contribution in [-0.2, 0) is 32.4 Å². The molecule has 1 saturated carbocycles. The molecule has 2 aliphatic rings. The summed E-state index contributed by atoms with van der Waals surface area (Å²) < 4.78 is 111. The molecule has 1 amide bonds. The second kappa shape index (κ2) is 12.4. The highest BCUT2D eigenvalue weighted by Gasteiger charge is 2.71. The maximum absolute atomic E-state index is 14.1. The van der Waals surface area contributed by atoms with Crippen LogP contribution in [0.4, 0.5) is 32.0 Å². The number of aliphatic hydroxyl groups is 2. The topological polar surface area (TPSA) is 107 Å². The van der Waals surface area contributed by atoms with Gasteiger partial charge >= 0.3 is 12.4 Å². The van der Waals surface area contributed by atoms with Crippen molar-refractivity contribution in [3.8, 4) is 0 Å². The first-order chi connectivity index (χ1) is 21.9. The Kier molecular flexibility index (Phi) is 9.19. The van der Waals surface area contributed by atoms with Crippen LogP contribution in [0, 0.1) is 6.92 Å². The number of nitrogens with zero attached hydrogens (tertiary/aromatic N) is 1. The molecular formula is C33H34F6N2O5S. The van der Waals surface area contributed by atoms with Gasteiger partial charge in [-0.3, -0.25) is 9.10 Å². The van der Waals surface area contributed by atoms with E-state index in [-0.39, 0.29) is 29.0 Å². The minimum atomic E-state index is -6.12. The number of carbonyl (C=O) groups is 1. The average molecular weight is 685 g/mol. The van der Waals surface area contributed by atoms with Gasteiger partial charge in [0.15, 0.2) is 0 Å². The van der Waals surface area contributed by atoms with E-state index in [2.05, 4.69) is 5.32 Å². The number of benzene rings is 3. The highest BCUT2D eigenvalue weighted by atomic mass is 32.2. The van der Waals surface area contributed by atoms with Gasteiger partial charge in [0.2, 0.25) is 5.91 Å². The number of hydrogen-bond acceptors (Lipinski definition) is 5. The predicted molar refractivity (Wildman–Crippen MR) is 161 cm³/mol. The van der Waals surface area contributed by atoms with E-state index in [4.69, 9.17) is 0 Å². The molecule has 7 nitrogen and oxygen atoms in total. The van der Waals surface area contributed by atoms with E-state index in [9.17, 15) is 49.8 Å². The van der Waals surface area contributed by atoms with E-state index < -0.39 is 63.6 Å². The van der Waals surface area contributed by atoms with Gasteiger partial charge in [-0.25, -0.2) is 8.42 Å². The van der Waals surface area contributed by atoms with Gasteiger partial charge in [0.25, 0.3) is 15.6 Å². The summed E-state index contributed by atoms with van der Waals surface area (Å²) in [6.07, 6.45) is -10.6. The zero-order valence-corrected chi connectivity index (χ0v) is 26.1. The molecule has 3 unspecified atom stereocenters. The highest BCUT2D eigenvalue weighted by molar-refractivity contribution is 7.92. The van der Waals surface area contributed by atoms with E-state index in [1.54, 1.807) is 37.3 Å². The van der Waals surface area contributed by atoms with Crippen LogP contribution >= 0.6 is 0 Å². The van der Waals surface area contributed by atoms with Crippen molar-refractivity contribution in [2.75, 3.05) is 4.31 Å². The fourth-order valence-corrected chi connectivity index (χ4v) is 8.29. The van der Waals surface area contributed by atoms with E-state index in [1.165, 1.54) is 24.3 Å². The van der Waals surface area contributed by atoms with Crippen molar-refractivity contribution in [2.24, 2.45) is 0 Å². The lowest BCUT2D eigenvalue weighted by atomic mass is 9.75. The first-order valence-electron chi connectivity index (χ1n) is 15.1. The number of sulfonamides is 1. The van der Waals surface area contributed by atoms with E-state index >= 15 is 0 Å². The Morgan fingerprint density at radius 2 is 1.57 bits per heavy atom. The molecule has 1 fully saturated rings. The maximum atomic E-state index is 14.1. The highest BCUT2D eigenvalue weighted by Crippen LogP contribution is 2.51. The summed E-state index contributed by atoms with van der Waals surface area (Å²) in [4.78, 5) is 13.3. The van der Waals surface area contributed by atoms with Crippen molar-refractivity contribution in [3.05, 3.63) is 95.1 Å². The van der Waals surface area contributed by atoms with Crippen LogP contribution in [0.3, 0.4) is 0 Å². The molecule has 0 aromatic heterocycles. The smallest absolute Gasteiger partial charge is 0.383 e. The number of anilines is 1. The Balaban J connectivity index is 1.51. The molecule has 5 rings (SSSR count). The lowest BCUT2D eigenvalue weighted by Gasteiger charge is -2.42. The summed E-state index contributed by atoms with van der Waals surface area (Å²) in [5.41, 5.74) is -7.09. The monoisotopic (exact) mass is 684 g/mol.